The molecule has 2 atom stereocenters. The lowest BCUT2D eigenvalue weighted by atomic mass is 9.91. The molecule has 0 amide bonds. The van der Waals surface area contributed by atoms with Crippen LogP contribution in [0.3, 0.4) is 0 Å². The highest BCUT2D eigenvalue weighted by molar-refractivity contribution is 5.28. The largest absolute Gasteiger partial charge is 0.494 e. The van der Waals surface area contributed by atoms with Gasteiger partial charge < -0.3 is 9.47 Å². The van der Waals surface area contributed by atoms with Crippen molar-refractivity contribution in [1.29, 1.82) is 0 Å². The number of unbranched alkanes of at least 4 members (excludes halogenated alkanes) is 4. The summed E-state index contributed by atoms with van der Waals surface area (Å²) in [6.07, 6.45) is 11.8. The summed E-state index contributed by atoms with van der Waals surface area (Å²) in [6, 6.07) is 8.53. The van der Waals surface area contributed by atoms with Gasteiger partial charge in [-0.15, -0.1) is 0 Å². The third kappa shape index (κ3) is 6.55. The van der Waals surface area contributed by atoms with Gasteiger partial charge in [-0.05, 0) is 49.3 Å². The summed E-state index contributed by atoms with van der Waals surface area (Å²) >= 11 is 0. The van der Waals surface area contributed by atoms with E-state index in [2.05, 4.69) is 38.1 Å². The van der Waals surface area contributed by atoms with Gasteiger partial charge in [0.15, 0.2) is 0 Å². The van der Waals surface area contributed by atoms with Crippen molar-refractivity contribution in [2.24, 2.45) is 5.92 Å². The SMILES string of the molecule is CCCCCCC1CCC(c2ccc(OCCCC)cc2)OC1. The Kier molecular flexibility index (Phi) is 8.52. The number of hydrogen-bond donors (Lipinski definition) is 0. The van der Waals surface area contributed by atoms with Gasteiger partial charge in [0.1, 0.15) is 5.75 Å². The lowest BCUT2D eigenvalue weighted by Crippen LogP contribution is -2.20. The number of hydrogen-bond acceptors (Lipinski definition) is 2. The summed E-state index contributed by atoms with van der Waals surface area (Å²) in [5.41, 5.74) is 1.30. The fourth-order valence-electron chi connectivity index (χ4n) is 3.27. The Bertz CT molecular complexity index is 404. The van der Waals surface area contributed by atoms with Gasteiger partial charge >= 0.3 is 0 Å². The molecule has 0 bridgehead atoms. The van der Waals surface area contributed by atoms with Crippen LogP contribution in [0, 0.1) is 5.92 Å². The van der Waals surface area contributed by atoms with E-state index >= 15 is 0 Å². The molecular weight excluding hydrogens is 284 g/mol. The van der Waals surface area contributed by atoms with E-state index in [1.807, 2.05) is 0 Å². The van der Waals surface area contributed by atoms with Crippen LogP contribution in [0.25, 0.3) is 0 Å². The molecule has 23 heavy (non-hydrogen) atoms. The molecule has 1 heterocycles. The second-order valence-corrected chi connectivity index (χ2v) is 6.89. The van der Waals surface area contributed by atoms with Gasteiger partial charge in [-0.2, -0.15) is 0 Å². The van der Waals surface area contributed by atoms with Crippen LogP contribution in [-0.4, -0.2) is 13.2 Å². The van der Waals surface area contributed by atoms with Crippen molar-refractivity contribution < 1.29 is 9.47 Å². The molecule has 130 valence electrons. The predicted octanol–water partition coefficient (Wildman–Crippen LogP) is 6.30. The summed E-state index contributed by atoms with van der Waals surface area (Å²) in [5.74, 6) is 1.76. The third-order valence-electron chi connectivity index (χ3n) is 4.85. The quantitative estimate of drug-likeness (QED) is 0.471. The van der Waals surface area contributed by atoms with Crippen LogP contribution in [0.2, 0.25) is 0 Å². The maximum atomic E-state index is 6.13. The van der Waals surface area contributed by atoms with Crippen LogP contribution in [0.5, 0.6) is 5.75 Å². The molecule has 0 N–H and O–H groups in total. The van der Waals surface area contributed by atoms with Crippen LogP contribution in [0.15, 0.2) is 24.3 Å². The van der Waals surface area contributed by atoms with Gasteiger partial charge in [0.25, 0.3) is 0 Å². The van der Waals surface area contributed by atoms with E-state index in [0.29, 0.717) is 0 Å². The number of rotatable bonds is 10. The minimum absolute atomic E-state index is 0.284. The van der Waals surface area contributed by atoms with Gasteiger partial charge in [-0.25, -0.2) is 0 Å². The number of benzene rings is 1. The Hall–Kier alpha value is -1.02. The first-order valence-corrected chi connectivity index (χ1v) is 9.67. The zero-order valence-electron chi connectivity index (χ0n) is 15.1. The molecule has 1 saturated heterocycles. The summed E-state index contributed by atoms with van der Waals surface area (Å²) in [4.78, 5) is 0. The summed E-state index contributed by atoms with van der Waals surface area (Å²) < 4.78 is 11.9. The standard InChI is InChI=1S/C21H34O2/c1-3-5-7-8-9-18-10-15-21(23-17-18)19-11-13-20(14-12-19)22-16-6-4-2/h11-14,18,21H,3-10,15-17H2,1-2H3. The van der Waals surface area contributed by atoms with Crippen LogP contribution >= 0.6 is 0 Å². The van der Waals surface area contributed by atoms with Gasteiger partial charge in [0.2, 0.25) is 0 Å². The summed E-state index contributed by atoms with van der Waals surface area (Å²) in [7, 11) is 0. The Labute approximate surface area is 142 Å². The fraction of sp³-hybridized carbons (Fsp3) is 0.714. The molecule has 0 aliphatic carbocycles. The van der Waals surface area contributed by atoms with Gasteiger partial charge in [-0.1, -0.05) is 58.1 Å². The Morgan fingerprint density at radius 1 is 0.957 bits per heavy atom. The van der Waals surface area contributed by atoms with E-state index in [1.54, 1.807) is 0 Å². The molecule has 2 rings (SSSR count). The van der Waals surface area contributed by atoms with E-state index in [1.165, 1.54) is 50.5 Å². The minimum atomic E-state index is 0.284. The second kappa shape index (κ2) is 10.7. The molecule has 2 heteroatoms. The molecule has 0 aromatic heterocycles. The lowest BCUT2D eigenvalue weighted by Gasteiger charge is -2.29. The fourth-order valence-corrected chi connectivity index (χ4v) is 3.27. The highest BCUT2D eigenvalue weighted by atomic mass is 16.5. The van der Waals surface area contributed by atoms with Crippen LogP contribution in [-0.2, 0) is 4.74 Å². The molecule has 2 nitrogen and oxygen atoms in total. The topological polar surface area (TPSA) is 18.5 Å². The van der Waals surface area contributed by atoms with Crippen LogP contribution in [0.1, 0.15) is 83.3 Å². The maximum Gasteiger partial charge on any atom is 0.119 e. The average molecular weight is 319 g/mol. The van der Waals surface area contributed by atoms with E-state index in [4.69, 9.17) is 9.47 Å². The molecule has 0 spiro atoms. The molecule has 2 unspecified atom stereocenters. The number of ether oxygens (including phenoxy) is 2. The van der Waals surface area contributed by atoms with Gasteiger partial charge in [0, 0.05) is 0 Å². The lowest BCUT2D eigenvalue weighted by molar-refractivity contribution is -0.0199. The van der Waals surface area contributed by atoms with E-state index in [0.717, 1.165) is 37.7 Å². The minimum Gasteiger partial charge on any atom is -0.494 e. The van der Waals surface area contributed by atoms with Crippen LogP contribution < -0.4 is 4.74 Å². The van der Waals surface area contributed by atoms with E-state index < -0.39 is 0 Å². The van der Waals surface area contributed by atoms with Crippen molar-refractivity contribution in [3.8, 4) is 5.75 Å². The Balaban J connectivity index is 1.70. The first-order chi connectivity index (χ1) is 11.3. The molecule has 0 radical (unpaired) electrons. The second-order valence-electron chi connectivity index (χ2n) is 6.89. The monoisotopic (exact) mass is 318 g/mol. The van der Waals surface area contributed by atoms with Crippen LogP contribution in [0.4, 0.5) is 0 Å². The maximum absolute atomic E-state index is 6.13. The molecule has 1 aliphatic heterocycles. The van der Waals surface area contributed by atoms with Crippen molar-refractivity contribution in [2.75, 3.05) is 13.2 Å². The van der Waals surface area contributed by atoms with Crippen molar-refractivity contribution in [1.82, 2.24) is 0 Å². The summed E-state index contributed by atoms with van der Waals surface area (Å²) in [6.45, 7) is 6.21. The van der Waals surface area contributed by atoms with E-state index in [9.17, 15) is 0 Å². The molecule has 1 aromatic carbocycles. The highest BCUT2D eigenvalue weighted by Gasteiger charge is 2.22. The predicted molar refractivity (Wildman–Crippen MR) is 97.0 cm³/mol. The molecule has 1 fully saturated rings. The van der Waals surface area contributed by atoms with Crippen molar-refractivity contribution in [3.05, 3.63) is 29.8 Å². The van der Waals surface area contributed by atoms with Crippen molar-refractivity contribution in [2.45, 2.75) is 77.7 Å². The van der Waals surface area contributed by atoms with Gasteiger partial charge in [0.05, 0.1) is 19.3 Å². The third-order valence-corrected chi connectivity index (χ3v) is 4.85. The zero-order valence-corrected chi connectivity index (χ0v) is 15.1. The summed E-state index contributed by atoms with van der Waals surface area (Å²) in [5, 5.41) is 0. The molecule has 1 aliphatic rings. The first kappa shape index (κ1) is 18.3. The molecular formula is C21H34O2. The smallest absolute Gasteiger partial charge is 0.119 e. The zero-order chi connectivity index (χ0) is 16.3. The normalized spacial score (nSPS) is 21.3. The van der Waals surface area contributed by atoms with Gasteiger partial charge in [-0.3, -0.25) is 0 Å². The van der Waals surface area contributed by atoms with Crippen molar-refractivity contribution in [3.63, 3.8) is 0 Å². The van der Waals surface area contributed by atoms with Crippen molar-refractivity contribution >= 4 is 0 Å². The van der Waals surface area contributed by atoms with E-state index in [-0.39, 0.29) is 6.10 Å². The first-order valence-electron chi connectivity index (χ1n) is 9.67. The molecule has 0 saturated carbocycles. The Morgan fingerprint density at radius 3 is 2.39 bits per heavy atom. The Morgan fingerprint density at radius 2 is 1.74 bits per heavy atom. The average Bonchev–Trinajstić information content (AvgIpc) is 2.60. The highest BCUT2D eigenvalue weighted by Crippen LogP contribution is 2.33. The molecule has 1 aromatic rings.